The highest BCUT2D eigenvalue weighted by Crippen LogP contribution is 2.11. The molecule has 0 aliphatic rings. The quantitative estimate of drug-likeness (QED) is 0.830. The molecule has 0 saturated heterocycles. The van der Waals surface area contributed by atoms with Crippen LogP contribution < -0.4 is 5.32 Å². The molecule has 0 saturated carbocycles. The molecule has 6 heteroatoms. The molecule has 0 aliphatic heterocycles. The summed E-state index contributed by atoms with van der Waals surface area (Å²) in [6.07, 6.45) is 0.101. The Morgan fingerprint density at radius 2 is 2.00 bits per heavy atom. The Morgan fingerprint density at radius 1 is 1.40 bits per heavy atom. The minimum Gasteiger partial charge on any atom is -0.467 e. The molecule has 1 aromatic carbocycles. The van der Waals surface area contributed by atoms with Crippen LogP contribution in [0.5, 0.6) is 0 Å². The van der Waals surface area contributed by atoms with Crippen LogP contribution in [0.15, 0.2) is 24.3 Å². The van der Waals surface area contributed by atoms with E-state index in [1.165, 1.54) is 19.2 Å². The number of rotatable bonds is 5. The smallest absolute Gasteiger partial charge is 0.328 e. The predicted molar refractivity (Wildman–Crippen MR) is 69.1 cm³/mol. The van der Waals surface area contributed by atoms with Gasteiger partial charge in [-0.15, -0.1) is 0 Å². The van der Waals surface area contributed by atoms with Crippen molar-refractivity contribution >= 4 is 11.9 Å². The van der Waals surface area contributed by atoms with E-state index in [1.807, 2.05) is 6.07 Å². The van der Waals surface area contributed by atoms with Crippen LogP contribution in [-0.4, -0.2) is 25.0 Å². The second-order valence-electron chi connectivity index (χ2n) is 4.32. The van der Waals surface area contributed by atoms with Gasteiger partial charge in [-0.2, -0.15) is 5.26 Å². The Labute approximate surface area is 116 Å². The lowest BCUT2D eigenvalue weighted by Crippen LogP contribution is -2.45. The number of amides is 1. The number of nitrogens with zero attached hydrogens (tertiary/aromatic N) is 1. The summed E-state index contributed by atoms with van der Waals surface area (Å²) in [4.78, 5) is 23.6. The zero-order valence-corrected chi connectivity index (χ0v) is 11.2. The van der Waals surface area contributed by atoms with Crippen molar-refractivity contribution < 1.29 is 18.7 Å². The number of carbonyl (C=O) groups excluding carboxylic acids is 2. The number of esters is 1. The number of ether oxygens (including phenoxy) is 1. The SMILES string of the molecule is COC(=O)[C@@H](NC(=O)c1ccc(F)cc1)[C@@H](C)CC#N. The van der Waals surface area contributed by atoms with E-state index < -0.39 is 29.7 Å². The van der Waals surface area contributed by atoms with Gasteiger partial charge in [-0.1, -0.05) is 6.92 Å². The molecular weight excluding hydrogens is 263 g/mol. The number of nitriles is 1. The fourth-order valence-electron chi connectivity index (χ4n) is 1.65. The van der Waals surface area contributed by atoms with Gasteiger partial charge >= 0.3 is 5.97 Å². The minimum atomic E-state index is -0.919. The van der Waals surface area contributed by atoms with Crippen molar-refractivity contribution in [3.8, 4) is 6.07 Å². The van der Waals surface area contributed by atoms with Crippen molar-refractivity contribution in [2.75, 3.05) is 7.11 Å². The number of methoxy groups -OCH3 is 1. The number of benzene rings is 1. The Kier molecular flexibility index (Phi) is 5.66. The molecule has 5 nitrogen and oxygen atoms in total. The molecular formula is C14H15FN2O3. The van der Waals surface area contributed by atoms with E-state index >= 15 is 0 Å². The monoisotopic (exact) mass is 278 g/mol. The molecule has 0 spiro atoms. The summed E-state index contributed by atoms with van der Waals surface area (Å²) in [5.74, 6) is -1.99. The van der Waals surface area contributed by atoms with Gasteiger partial charge in [0.2, 0.25) is 0 Å². The van der Waals surface area contributed by atoms with Gasteiger partial charge in [0, 0.05) is 17.9 Å². The highest BCUT2D eigenvalue weighted by molar-refractivity contribution is 5.96. The van der Waals surface area contributed by atoms with Gasteiger partial charge in [-0.3, -0.25) is 4.79 Å². The molecule has 0 bridgehead atoms. The zero-order chi connectivity index (χ0) is 15.1. The summed E-state index contributed by atoms with van der Waals surface area (Å²) in [6.45, 7) is 1.66. The molecule has 0 unspecified atom stereocenters. The Bertz CT molecular complexity index is 522. The molecule has 1 amide bonds. The van der Waals surface area contributed by atoms with Crippen LogP contribution in [0.3, 0.4) is 0 Å². The van der Waals surface area contributed by atoms with Crippen molar-refractivity contribution in [1.82, 2.24) is 5.32 Å². The minimum absolute atomic E-state index is 0.101. The van der Waals surface area contributed by atoms with E-state index in [9.17, 15) is 14.0 Å². The molecule has 0 radical (unpaired) electrons. The van der Waals surface area contributed by atoms with Crippen LogP contribution in [0.25, 0.3) is 0 Å². The summed E-state index contributed by atoms with van der Waals surface area (Å²) >= 11 is 0. The Hall–Kier alpha value is -2.42. The number of hydrogen-bond donors (Lipinski definition) is 1. The second-order valence-corrected chi connectivity index (χ2v) is 4.32. The summed E-state index contributed by atoms with van der Waals surface area (Å²) < 4.78 is 17.4. The standard InChI is InChI=1S/C14H15FN2O3/c1-9(7-8-16)12(14(19)20-2)17-13(18)10-3-5-11(15)6-4-10/h3-6,9,12H,7H2,1-2H3,(H,17,18)/t9-,12-/m0/s1. The van der Waals surface area contributed by atoms with Gasteiger partial charge in [-0.05, 0) is 24.3 Å². The summed E-state index contributed by atoms with van der Waals surface area (Å²) in [5.41, 5.74) is 0.226. The second kappa shape index (κ2) is 7.24. The average molecular weight is 278 g/mol. The number of nitrogens with one attached hydrogen (secondary N) is 1. The first kappa shape index (κ1) is 15.6. The maximum Gasteiger partial charge on any atom is 0.328 e. The molecule has 1 N–H and O–H groups in total. The highest BCUT2D eigenvalue weighted by atomic mass is 19.1. The fourth-order valence-corrected chi connectivity index (χ4v) is 1.65. The van der Waals surface area contributed by atoms with Gasteiger partial charge in [0.05, 0.1) is 13.2 Å². The third-order valence-electron chi connectivity index (χ3n) is 2.83. The Morgan fingerprint density at radius 3 is 2.50 bits per heavy atom. The van der Waals surface area contributed by atoms with Gasteiger partial charge in [-0.25, -0.2) is 9.18 Å². The molecule has 106 valence electrons. The highest BCUT2D eigenvalue weighted by Gasteiger charge is 2.27. The van der Waals surface area contributed by atoms with Crippen molar-refractivity contribution in [3.63, 3.8) is 0 Å². The molecule has 0 heterocycles. The predicted octanol–water partition coefficient (Wildman–Crippen LogP) is 1.65. The lowest BCUT2D eigenvalue weighted by Gasteiger charge is -2.21. The first-order valence-corrected chi connectivity index (χ1v) is 6.00. The normalized spacial score (nSPS) is 12.9. The molecule has 0 fully saturated rings. The van der Waals surface area contributed by atoms with E-state index in [4.69, 9.17) is 5.26 Å². The van der Waals surface area contributed by atoms with Crippen molar-refractivity contribution in [2.24, 2.45) is 5.92 Å². The van der Waals surface area contributed by atoms with E-state index in [0.717, 1.165) is 12.1 Å². The summed E-state index contributed by atoms with van der Waals surface area (Å²) in [6, 6.07) is 5.95. The molecule has 0 aliphatic carbocycles. The molecule has 2 atom stereocenters. The maximum absolute atomic E-state index is 12.8. The molecule has 1 rings (SSSR count). The Balaban J connectivity index is 2.84. The fraction of sp³-hybridized carbons (Fsp3) is 0.357. The van der Waals surface area contributed by atoms with Crippen LogP contribution in [0.1, 0.15) is 23.7 Å². The number of hydrogen-bond acceptors (Lipinski definition) is 4. The van der Waals surface area contributed by atoms with E-state index in [2.05, 4.69) is 10.1 Å². The van der Waals surface area contributed by atoms with Crippen LogP contribution in [-0.2, 0) is 9.53 Å². The van der Waals surface area contributed by atoms with Crippen LogP contribution >= 0.6 is 0 Å². The van der Waals surface area contributed by atoms with E-state index in [-0.39, 0.29) is 12.0 Å². The zero-order valence-electron chi connectivity index (χ0n) is 11.2. The number of halogens is 1. The maximum atomic E-state index is 12.8. The lowest BCUT2D eigenvalue weighted by atomic mass is 9.98. The lowest BCUT2D eigenvalue weighted by molar-refractivity contribution is -0.144. The van der Waals surface area contributed by atoms with Crippen molar-refractivity contribution in [2.45, 2.75) is 19.4 Å². The third-order valence-corrected chi connectivity index (χ3v) is 2.83. The first-order chi connectivity index (χ1) is 9.49. The van der Waals surface area contributed by atoms with Gasteiger partial charge in [0.1, 0.15) is 11.9 Å². The van der Waals surface area contributed by atoms with Gasteiger partial charge in [0.25, 0.3) is 5.91 Å². The summed E-state index contributed by atoms with van der Waals surface area (Å²) in [5, 5.41) is 11.2. The van der Waals surface area contributed by atoms with Crippen LogP contribution in [0.4, 0.5) is 4.39 Å². The third kappa shape index (κ3) is 4.05. The first-order valence-electron chi connectivity index (χ1n) is 6.00. The summed E-state index contributed by atoms with van der Waals surface area (Å²) in [7, 11) is 1.21. The topological polar surface area (TPSA) is 79.2 Å². The van der Waals surface area contributed by atoms with Crippen molar-refractivity contribution in [1.29, 1.82) is 5.26 Å². The van der Waals surface area contributed by atoms with Crippen LogP contribution in [0.2, 0.25) is 0 Å². The largest absolute Gasteiger partial charge is 0.467 e. The van der Waals surface area contributed by atoms with Gasteiger partial charge in [0.15, 0.2) is 0 Å². The van der Waals surface area contributed by atoms with Crippen molar-refractivity contribution in [3.05, 3.63) is 35.6 Å². The average Bonchev–Trinajstić information content (AvgIpc) is 2.44. The number of carbonyl (C=O) groups is 2. The molecule has 20 heavy (non-hydrogen) atoms. The van der Waals surface area contributed by atoms with E-state index in [1.54, 1.807) is 6.92 Å². The van der Waals surface area contributed by atoms with E-state index in [0.29, 0.717) is 0 Å². The van der Waals surface area contributed by atoms with Gasteiger partial charge < -0.3 is 10.1 Å². The molecule has 0 aromatic heterocycles. The van der Waals surface area contributed by atoms with Crippen LogP contribution in [0, 0.1) is 23.1 Å². The molecule has 1 aromatic rings.